The molecule has 1 aliphatic rings. The van der Waals surface area contributed by atoms with Crippen molar-refractivity contribution in [1.82, 2.24) is 3.97 Å². The molecule has 0 spiro atoms. The van der Waals surface area contributed by atoms with Crippen molar-refractivity contribution in [2.45, 2.75) is 32.1 Å². The molecule has 26 heavy (non-hydrogen) atoms. The van der Waals surface area contributed by atoms with Crippen LogP contribution < -0.4 is 0 Å². The van der Waals surface area contributed by atoms with Crippen LogP contribution in [0.1, 0.15) is 36.8 Å². The van der Waals surface area contributed by atoms with E-state index in [4.69, 9.17) is 0 Å². The third kappa shape index (κ3) is 2.34. The predicted molar refractivity (Wildman–Crippen MR) is 102 cm³/mol. The van der Waals surface area contributed by atoms with E-state index in [0.29, 0.717) is 17.6 Å². The van der Waals surface area contributed by atoms with E-state index in [9.17, 15) is 13.2 Å². The minimum absolute atomic E-state index is 0.0804. The second kappa shape index (κ2) is 5.55. The fourth-order valence-electron chi connectivity index (χ4n) is 3.84. The third-order valence-corrected chi connectivity index (χ3v) is 6.95. The minimum Gasteiger partial charge on any atom is -0.292 e. The average Bonchev–Trinajstić information content (AvgIpc) is 3.11. The van der Waals surface area contributed by atoms with Crippen LogP contribution in [-0.4, -0.2) is 18.2 Å². The molecule has 2 aromatic carbocycles. The number of fused-ring (bicyclic) bond motifs is 3. The molecule has 0 saturated carbocycles. The van der Waals surface area contributed by atoms with Gasteiger partial charge in [0.2, 0.25) is 0 Å². The smallest absolute Gasteiger partial charge is 0.268 e. The normalized spacial score (nSPS) is 17.7. The van der Waals surface area contributed by atoms with Crippen molar-refractivity contribution in [1.29, 1.82) is 0 Å². The number of para-hydroxylation sites is 1. The highest BCUT2D eigenvalue weighted by Gasteiger charge is 2.44. The van der Waals surface area contributed by atoms with Gasteiger partial charge in [0.1, 0.15) is 5.69 Å². The summed E-state index contributed by atoms with van der Waals surface area (Å²) in [5, 5.41) is 0.849. The highest BCUT2D eigenvalue weighted by atomic mass is 32.2. The van der Waals surface area contributed by atoms with E-state index in [2.05, 4.69) is 0 Å². The largest absolute Gasteiger partial charge is 0.292 e. The second-order valence-electron chi connectivity index (χ2n) is 7.91. The number of Topliss-reactive ketones (excluding diaryl/α,β-unsaturated/α-hetero) is 1. The number of ketones is 1. The molecule has 1 heterocycles. The third-order valence-electron chi connectivity index (χ3n) is 5.22. The van der Waals surface area contributed by atoms with Crippen LogP contribution in [0, 0.1) is 11.3 Å². The van der Waals surface area contributed by atoms with Gasteiger partial charge in [0.15, 0.2) is 5.78 Å². The quantitative estimate of drug-likeness (QED) is 0.679. The van der Waals surface area contributed by atoms with Crippen molar-refractivity contribution in [3.8, 4) is 0 Å². The van der Waals surface area contributed by atoms with E-state index in [-0.39, 0.29) is 22.0 Å². The standard InChI is InChI=1S/C21H21NO3S/c1-21(2,3)17-13-16-15-11-7-8-12-18(15)22(19(16)20(17)23)26(24,25)14-9-5-4-6-10-14/h4-12,17H,13H2,1-3H3. The van der Waals surface area contributed by atoms with E-state index >= 15 is 0 Å². The van der Waals surface area contributed by atoms with Crippen molar-refractivity contribution in [3.05, 3.63) is 65.9 Å². The zero-order valence-corrected chi connectivity index (χ0v) is 15.9. The number of carbonyl (C=O) groups excluding carboxylic acids is 1. The number of aromatic nitrogens is 1. The molecule has 1 unspecified atom stereocenters. The molecule has 1 atom stereocenters. The van der Waals surface area contributed by atoms with Gasteiger partial charge in [-0.2, -0.15) is 0 Å². The summed E-state index contributed by atoms with van der Waals surface area (Å²) in [6.07, 6.45) is 0.579. The van der Waals surface area contributed by atoms with Gasteiger partial charge in [-0.25, -0.2) is 12.4 Å². The van der Waals surface area contributed by atoms with Gasteiger partial charge in [-0.3, -0.25) is 4.79 Å². The molecule has 0 saturated heterocycles. The van der Waals surface area contributed by atoms with Gasteiger partial charge in [-0.05, 0) is 35.6 Å². The van der Waals surface area contributed by atoms with Gasteiger partial charge < -0.3 is 0 Å². The lowest BCUT2D eigenvalue weighted by atomic mass is 9.78. The number of rotatable bonds is 2. The summed E-state index contributed by atoms with van der Waals surface area (Å²) in [4.78, 5) is 13.4. The summed E-state index contributed by atoms with van der Waals surface area (Å²) in [6.45, 7) is 6.08. The topological polar surface area (TPSA) is 56.1 Å². The fraction of sp³-hybridized carbons (Fsp3) is 0.286. The Balaban J connectivity index is 2.05. The summed E-state index contributed by atoms with van der Waals surface area (Å²) >= 11 is 0. The molecular weight excluding hydrogens is 346 g/mol. The van der Waals surface area contributed by atoms with Crippen LogP contribution in [-0.2, 0) is 16.4 Å². The molecule has 0 amide bonds. The van der Waals surface area contributed by atoms with E-state index in [0.717, 1.165) is 10.9 Å². The molecule has 0 aliphatic heterocycles. The number of hydrogen-bond donors (Lipinski definition) is 0. The molecular formula is C21H21NO3S. The summed E-state index contributed by atoms with van der Waals surface area (Å²) in [6, 6.07) is 15.7. The summed E-state index contributed by atoms with van der Waals surface area (Å²) in [7, 11) is -3.85. The summed E-state index contributed by atoms with van der Waals surface area (Å²) in [5.41, 5.74) is 1.53. The monoisotopic (exact) mass is 367 g/mol. The number of nitrogens with zero attached hydrogens (tertiary/aromatic N) is 1. The first kappa shape index (κ1) is 17.0. The lowest BCUT2D eigenvalue weighted by Crippen LogP contribution is -2.28. The van der Waals surface area contributed by atoms with Crippen LogP contribution in [0.25, 0.3) is 10.9 Å². The first-order valence-corrected chi connectivity index (χ1v) is 10.1. The van der Waals surface area contributed by atoms with Gasteiger partial charge in [0.05, 0.1) is 10.4 Å². The molecule has 1 aromatic heterocycles. The van der Waals surface area contributed by atoms with E-state index < -0.39 is 10.0 Å². The minimum atomic E-state index is -3.85. The highest BCUT2D eigenvalue weighted by Crippen LogP contribution is 2.43. The Bertz CT molecular complexity index is 1120. The maximum atomic E-state index is 13.4. The molecule has 4 nitrogen and oxygen atoms in total. The molecule has 0 N–H and O–H groups in total. The van der Waals surface area contributed by atoms with Crippen LogP contribution in [0.2, 0.25) is 0 Å². The SMILES string of the molecule is CC(C)(C)C1Cc2c(n(S(=O)(=O)c3ccccc3)c3ccccc23)C1=O. The first-order chi connectivity index (χ1) is 12.2. The van der Waals surface area contributed by atoms with Crippen LogP contribution >= 0.6 is 0 Å². The first-order valence-electron chi connectivity index (χ1n) is 8.70. The van der Waals surface area contributed by atoms with E-state index in [1.807, 2.05) is 32.9 Å². The zero-order valence-electron chi connectivity index (χ0n) is 15.1. The van der Waals surface area contributed by atoms with Crippen molar-refractivity contribution in [2.24, 2.45) is 11.3 Å². The fourth-order valence-corrected chi connectivity index (χ4v) is 5.41. The lowest BCUT2D eigenvalue weighted by molar-refractivity contribution is 0.0838. The van der Waals surface area contributed by atoms with Gasteiger partial charge in [-0.1, -0.05) is 57.2 Å². The number of benzene rings is 2. The Labute approximate surface area is 153 Å². The van der Waals surface area contributed by atoms with Gasteiger partial charge in [0, 0.05) is 11.3 Å². The maximum absolute atomic E-state index is 13.4. The molecule has 0 radical (unpaired) electrons. The van der Waals surface area contributed by atoms with Crippen LogP contribution in [0.3, 0.4) is 0 Å². The predicted octanol–water partition coefficient (Wildman–Crippen LogP) is 4.28. The summed E-state index contributed by atoms with van der Waals surface area (Å²) < 4.78 is 28.0. The van der Waals surface area contributed by atoms with Crippen LogP contribution in [0.5, 0.6) is 0 Å². The Hall–Kier alpha value is -2.40. The molecule has 0 bridgehead atoms. The second-order valence-corrected chi connectivity index (χ2v) is 9.70. The van der Waals surface area contributed by atoms with E-state index in [1.165, 1.54) is 3.97 Å². The van der Waals surface area contributed by atoms with Crippen molar-refractivity contribution >= 4 is 26.7 Å². The molecule has 1 aliphatic carbocycles. The van der Waals surface area contributed by atoms with Crippen molar-refractivity contribution in [2.75, 3.05) is 0 Å². The Morgan fingerprint density at radius 1 is 0.962 bits per heavy atom. The maximum Gasteiger partial charge on any atom is 0.268 e. The molecule has 5 heteroatoms. The van der Waals surface area contributed by atoms with Crippen molar-refractivity contribution < 1.29 is 13.2 Å². The van der Waals surface area contributed by atoms with Gasteiger partial charge in [-0.15, -0.1) is 0 Å². The molecule has 4 rings (SSSR count). The molecule has 3 aromatic rings. The van der Waals surface area contributed by atoms with Crippen LogP contribution in [0.4, 0.5) is 0 Å². The number of carbonyl (C=O) groups is 1. The van der Waals surface area contributed by atoms with Gasteiger partial charge in [0.25, 0.3) is 10.0 Å². The van der Waals surface area contributed by atoms with Crippen molar-refractivity contribution in [3.63, 3.8) is 0 Å². The molecule has 0 fully saturated rings. The highest BCUT2D eigenvalue weighted by molar-refractivity contribution is 7.90. The van der Waals surface area contributed by atoms with E-state index in [1.54, 1.807) is 42.5 Å². The molecule has 134 valence electrons. The zero-order chi connectivity index (χ0) is 18.7. The number of hydrogen-bond acceptors (Lipinski definition) is 3. The Morgan fingerprint density at radius 3 is 2.23 bits per heavy atom. The van der Waals surface area contributed by atoms with Gasteiger partial charge >= 0.3 is 0 Å². The Morgan fingerprint density at radius 2 is 1.58 bits per heavy atom. The average molecular weight is 367 g/mol. The summed E-state index contributed by atoms with van der Waals surface area (Å²) in [5.74, 6) is -0.294. The Kier molecular flexibility index (Phi) is 3.63. The lowest BCUT2D eigenvalue weighted by Gasteiger charge is -2.25. The van der Waals surface area contributed by atoms with Crippen LogP contribution in [0.15, 0.2) is 59.5 Å².